The summed E-state index contributed by atoms with van der Waals surface area (Å²) in [6, 6.07) is 15.5. The van der Waals surface area contributed by atoms with E-state index in [-0.39, 0.29) is 11.8 Å². The quantitative estimate of drug-likeness (QED) is 0.656. The second kappa shape index (κ2) is 7.17. The average Bonchev–Trinajstić information content (AvgIpc) is 3.43. The molecule has 124 valence electrons. The van der Waals surface area contributed by atoms with Crippen molar-refractivity contribution >= 4 is 12.1 Å². The number of nitrogens with zero attached hydrogens (tertiary/aromatic N) is 1. The predicted molar refractivity (Wildman–Crippen MR) is 92.6 cm³/mol. The van der Waals surface area contributed by atoms with Crippen LogP contribution < -0.4 is 14.9 Å². The molecule has 5 heteroatoms. The first-order chi connectivity index (χ1) is 11.7. The van der Waals surface area contributed by atoms with Crippen LogP contribution in [0.2, 0.25) is 0 Å². The van der Waals surface area contributed by atoms with Gasteiger partial charge in [-0.15, -0.1) is 0 Å². The van der Waals surface area contributed by atoms with E-state index < -0.39 is 0 Å². The van der Waals surface area contributed by atoms with E-state index in [2.05, 4.69) is 22.7 Å². The summed E-state index contributed by atoms with van der Waals surface area (Å²) in [5, 5.41) is 4.05. The highest BCUT2D eigenvalue weighted by atomic mass is 16.5. The van der Waals surface area contributed by atoms with Crippen molar-refractivity contribution in [1.29, 1.82) is 0 Å². The summed E-state index contributed by atoms with van der Waals surface area (Å²) in [5.74, 6) is 1.61. The summed E-state index contributed by atoms with van der Waals surface area (Å²) in [5.41, 5.74) is 4.56. The first-order valence-corrected chi connectivity index (χ1v) is 7.83. The molecular formula is C19H20N2O3. The number of rotatable bonds is 6. The number of methoxy groups -OCH3 is 2. The molecule has 2 atom stereocenters. The number of benzene rings is 2. The monoisotopic (exact) mass is 324 g/mol. The van der Waals surface area contributed by atoms with Crippen LogP contribution >= 0.6 is 0 Å². The molecule has 0 heterocycles. The molecule has 1 saturated carbocycles. The Morgan fingerprint density at radius 1 is 1.17 bits per heavy atom. The van der Waals surface area contributed by atoms with Gasteiger partial charge in [0.15, 0.2) is 0 Å². The normalized spacial score (nSPS) is 19.1. The third kappa shape index (κ3) is 3.56. The highest BCUT2D eigenvalue weighted by Crippen LogP contribution is 2.47. The minimum atomic E-state index is -0.0537. The fourth-order valence-electron chi connectivity index (χ4n) is 2.74. The van der Waals surface area contributed by atoms with Crippen LogP contribution in [0.5, 0.6) is 11.5 Å². The Balaban J connectivity index is 1.60. The molecule has 0 aromatic heterocycles. The van der Waals surface area contributed by atoms with E-state index >= 15 is 0 Å². The predicted octanol–water partition coefficient (Wildman–Crippen LogP) is 2.96. The maximum Gasteiger partial charge on any atom is 0.243 e. The van der Waals surface area contributed by atoms with Gasteiger partial charge < -0.3 is 9.47 Å². The average molecular weight is 324 g/mol. The second-order valence-electron chi connectivity index (χ2n) is 5.70. The molecule has 0 spiro atoms. The first-order valence-electron chi connectivity index (χ1n) is 7.83. The lowest BCUT2D eigenvalue weighted by molar-refractivity contribution is -0.122. The number of carbonyl (C=O) groups is 1. The molecule has 0 aliphatic heterocycles. The standard InChI is InChI=1S/C19H20N2O3/c1-23-15-8-9-18(24-2)14(10-15)12-20-21-19(22)17-11-16(17)13-6-4-3-5-7-13/h3-10,12,16-17H,11H2,1-2H3,(H,21,22)/b20-12+/t16-,17+/m1/s1. The molecule has 24 heavy (non-hydrogen) atoms. The van der Waals surface area contributed by atoms with Gasteiger partial charge in [-0.25, -0.2) is 5.43 Å². The summed E-state index contributed by atoms with van der Waals surface area (Å²) in [7, 11) is 3.19. The van der Waals surface area contributed by atoms with Crippen molar-refractivity contribution in [2.75, 3.05) is 14.2 Å². The van der Waals surface area contributed by atoms with Gasteiger partial charge in [0.25, 0.3) is 0 Å². The molecule has 1 N–H and O–H groups in total. The lowest BCUT2D eigenvalue weighted by atomic mass is 10.1. The van der Waals surface area contributed by atoms with Crippen molar-refractivity contribution in [2.45, 2.75) is 12.3 Å². The number of hydrogen-bond donors (Lipinski definition) is 1. The van der Waals surface area contributed by atoms with Gasteiger partial charge in [0.05, 0.1) is 20.4 Å². The number of hydrogen-bond acceptors (Lipinski definition) is 4. The molecule has 0 saturated heterocycles. The highest BCUT2D eigenvalue weighted by molar-refractivity contribution is 5.87. The number of amides is 1. The summed E-state index contributed by atoms with van der Waals surface area (Å²) >= 11 is 0. The molecule has 5 nitrogen and oxygen atoms in total. The topological polar surface area (TPSA) is 59.9 Å². The van der Waals surface area contributed by atoms with Gasteiger partial charge >= 0.3 is 0 Å². The van der Waals surface area contributed by atoms with Crippen molar-refractivity contribution in [3.8, 4) is 11.5 Å². The van der Waals surface area contributed by atoms with E-state index in [9.17, 15) is 4.79 Å². The molecule has 2 aromatic carbocycles. The lowest BCUT2D eigenvalue weighted by Gasteiger charge is -2.06. The largest absolute Gasteiger partial charge is 0.497 e. The second-order valence-corrected chi connectivity index (χ2v) is 5.70. The number of hydrazone groups is 1. The van der Waals surface area contributed by atoms with E-state index in [4.69, 9.17) is 9.47 Å². The van der Waals surface area contributed by atoms with E-state index in [1.807, 2.05) is 24.3 Å². The van der Waals surface area contributed by atoms with Crippen LogP contribution in [0.15, 0.2) is 53.6 Å². The Hall–Kier alpha value is -2.82. The maximum absolute atomic E-state index is 12.2. The fourth-order valence-corrected chi connectivity index (χ4v) is 2.74. The Morgan fingerprint density at radius 2 is 1.96 bits per heavy atom. The Kier molecular flexibility index (Phi) is 4.79. The smallest absolute Gasteiger partial charge is 0.243 e. The third-order valence-electron chi connectivity index (χ3n) is 4.17. The van der Waals surface area contributed by atoms with Crippen molar-refractivity contribution in [1.82, 2.24) is 5.43 Å². The minimum Gasteiger partial charge on any atom is -0.497 e. The molecule has 1 aliphatic rings. The van der Waals surface area contributed by atoms with Crippen LogP contribution in [-0.2, 0) is 4.79 Å². The Bertz CT molecular complexity index is 744. The van der Waals surface area contributed by atoms with E-state index in [1.54, 1.807) is 32.6 Å². The van der Waals surface area contributed by atoms with Crippen molar-refractivity contribution in [3.63, 3.8) is 0 Å². The van der Waals surface area contributed by atoms with Crippen LogP contribution in [0.4, 0.5) is 0 Å². The SMILES string of the molecule is COc1ccc(OC)c(/C=N/NC(=O)[C@H]2C[C@@H]2c2ccccc2)c1. The van der Waals surface area contributed by atoms with Gasteiger partial charge in [0.1, 0.15) is 11.5 Å². The zero-order valence-corrected chi connectivity index (χ0v) is 13.7. The fraction of sp³-hybridized carbons (Fsp3) is 0.263. The summed E-state index contributed by atoms with van der Waals surface area (Å²) < 4.78 is 10.5. The molecule has 0 bridgehead atoms. The van der Waals surface area contributed by atoms with Crippen LogP contribution in [0.1, 0.15) is 23.5 Å². The molecule has 0 radical (unpaired) electrons. The molecule has 3 rings (SSSR count). The van der Waals surface area contributed by atoms with Gasteiger partial charge in [-0.05, 0) is 36.1 Å². The molecule has 0 unspecified atom stereocenters. The molecule has 2 aromatic rings. The Labute approximate surface area is 141 Å². The summed E-state index contributed by atoms with van der Waals surface area (Å²) in [4.78, 5) is 12.2. The van der Waals surface area contributed by atoms with Crippen LogP contribution in [0.25, 0.3) is 0 Å². The van der Waals surface area contributed by atoms with Crippen LogP contribution in [-0.4, -0.2) is 26.3 Å². The van der Waals surface area contributed by atoms with E-state index in [0.29, 0.717) is 17.4 Å². The van der Waals surface area contributed by atoms with Crippen molar-refractivity contribution in [3.05, 3.63) is 59.7 Å². The highest BCUT2D eigenvalue weighted by Gasteiger charge is 2.43. The van der Waals surface area contributed by atoms with Crippen LogP contribution in [0, 0.1) is 5.92 Å². The first kappa shape index (κ1) is 16.1. The number of ether oxygens (including phenoxy) is 2. The maximum atomic E-state index is 12.2. The van der Waals surface area contributed by atoms with Gasteiger partial charge in [0, 0.05) is 11.5 Å². The molecule has 1 amide bonds. The zero-order valence-electron chi connectivity index (χ0n) is 13.7. The number of nitrogens with one attached hydrogen (secondary N) is 1. The minimum absolute atomic E-state index is 0.00300. The summed E-state index contributed by atoms with van der Waals surface area (Å²) in [6.45, 7) is 0. The van der Waals surface area contributed by atoms with Gasteiger partial charge in [-0.1, -0.05) is 30.3 Å². The van der Waals surface area contributed by atoms with Crippen LogP contribution in [0.3, 0.4) is 0 Å². The van der Waals surface area contributed by atoms with Gasteiger partial charge in [-0.3, -0.25) is 4.79 Å². The zero-order chi connectivity index (χ0) is 16.9. The van der Waals surface area contributed by atoms with Crippen molar-refractivity contribution < 1.29 is 14.3 Å². The molecule has 1 fully saturated rings. The molecule has 1 aliphatic carbocycles. The summed E-state index contributed by atoms with van der Waals surface area (Å²) in [6.07, 6.45) is 2.44. The Morgan fingerprint density at radius 3 is 2.67 bits per heavy atom. The third-order valence-corrected chi connectivity index (χ3v) is 4.17. The van der Waals surface area contributed by atoms with Crippen molar-refractivity contribution in [2.24, 2.45) is 11.0 Å². The molecular weight excluding hydrogens is 304 g/mol. The van der Waals surface area contributed by atoms with E-state index in [1.165, 1.54) is 5.56 Å². The van der Waals surface area contributed by atoms with Gasteiger partial charge in [-0.2, -0.15) is 5.10 Å². The number of carbonyl (C=O) groups excluding carboxylic acids is 1. The van der Waals surface area contributed by atoms with E-state index in [0.717, 1.165) is 12.0 Å². The lowest BCUT2D eigenvalue weighted by Crippen LogP contribution is -2.20. The van der Waals surface area contributed by atoms with Gasteiger partial charge in [0.2, 0.25) is 5.91 Å².